The second kappa shape index (κ2) is 11.1. The van der Waals surface area contributed by atoms with Gasteiger partial charge in [0.15, 0.2) is 0 Å². The smallest absolute Gasteiger partial charge is 0.449 e. The number of ether oxygens (including phenoxy) is 1. The zero-order valence-corrected chi connectivity index (χ0v) is 23.2. The number of hydrogen-bond acceptors (Lipinski definition) is 5. The Kier molecular flexibility index (Phi) is 6.98. The topological polar surface area (TPSA) is 73.1 Å². The number of piperazine rings is 1. The molecule has 0 bridgehead atoms. The van der Waals surface area contributed by atoms with Crippen molar-refractivity contribution >= 4 is 27.8 Å². The Bertz CT molecular complexity index is 1860. The number of alkyl halides is 3. The normalized spacial score (nSPS) is 14.5. The van der Waals surface area contributed by atoms with Gasteiger partial charge in [0.05, 0.1) is 16.7 Å². The molecule has 0 radical (unpaired) electrons. The number of hydrogen-bond donors (Lipinski definition) is 2. The molecule has 1 saturated heterocycles. The number of aromatic amines is 2. The molecule has 0 aliphatic carbocycles. The van der Waals surface area contributed by atoms with Crippen molar-refractivity contribution in [3.05, 3.63) is 96.8 Å². The first-order valence-electron chi connectivity index (χ1n) is 14.2. The lowest BCUT2D eigenvalue weighted by atomic mass is 10.0. The molecule has 7 rings (SSSR count). The van der Waals surface area contributed by atoms with Gasteiger partial charge in [-0.15, -0.1) is 0 Å². The van der Waals surface area contributed by atoms with Gasteiger partial charge in [-0.25, -0.2) is 9.97 Å². The number of aromatic nitrogens is 4. The summed E-state index contributed by atoms with van der Waals surface area (Å²) in [6.45, 7) is 4.35. The van der Waals surface area contributed by atoms with Crippen molar-refractivity contribution in [1.82, 2.24) is 24.8 Å². The van der Waals surface area contributed by atoms with Crippen LogP contribution in [0.2, 0.25) is 0 Å². The van der Waals surface area contributed by atoms with Crippen LogP contribution in [0.4, 0.5) is 18.9 Å². The first kappa shape index (κ1) is 27.0. The molecule has 1 aliphatic rings. The van der Waals surface area contributed by atoms with Crippen molar-refractivity contribution in [2.45, 2.75) is 6.18 Å². The highest BCUT2D eigenvalue weighted by Gasteiger charge is 2.35. The van der Waals surface area contributed by atoms with E-state index in [1.54, 1.807) is 18.2 Å². The monoisotopic (exact) mass is 582 g/mol. The largest absolute Gasteiger partial charge is 0.490 e. The fourth-order valence-corrected chi connectivity index (χ4v) is 5.61. The van der Waals surface area contributed by atoms with Crippen LogP contribution in [-0.2, 0) is 6.18 Å². The van der Waals surface area contributed by atoms with Gasteiger partial charge in [-0.3, -0.25) is 4.90 Å². The van der Waals surface area contributed by atoms with Gasteiger partial charge < -0.3 is 19.6 Å². The predicted octanol–water partition coefficient (Wildman–Crippen LogP) is 6.99. The summed E-state index contributed by atoms with van der Waals surface area (Å²) in [5, 5.41) is 0. The molecule has 218 valence electrons. The molecule has 10 heteroatoms. The van der Waals surface area contributed by atoms with Gasteiger partial charge in [-0.2, -0.15) is 13.2 Å². The SMILES string of the molecule is FC(F)(F)c1nc2c(OCCN3CCN(c4cccc5[nH]c(-c6ccc(-c7ccccc7)cc6)nc45)CC3)cccc2[nH]1. The Hall–Kier alpha value is -4.83. The molecule has 0 spiro atoms. The summed E-state index contributed by atoms with van der Waals surface area (Å²) in [6.07, 6.45) is -4.54. The summed E-state index contributed by atoms with van der Waals surface area (Å²) in [5.41, 5.74) is 6.92. The zero-order chi connectivity index (χ0) is 29.4. The Morgan fingerprint density at radius 2 is 1.35 bits per heavy atom. The van der Waals surface area contributed by atoms with Crippen molar-refractivity contribution in [3.63, 3.8) is 0 Å². The second-order valence-electron chi connectivity index (χ2n) is 10.6. The Balaban J connectivity index is 0.987. The molecule has 1 fully saturated rings. The summed E-state index contributed by atoms with van der Waals surface area (Å²) in [7, 11) is 0. The van der Waals surface area contributed by atoms with Crippen molar-refractivity contribution in [3.8, 4) is 28.3 Å². The average molecular weight is 583 g/mol. The molecule has 1 aliphatic heterocycles. The van der Waals surface area contributed by atoms with Gasteiger partial charge >= 0.3 is 6.18 Å². The van der Waals surface area contributed by atoms with Crippen LogP contribution in [0.5, 0.6) is 5.75 Å². The zero-order valence-electron chi connectivity index (χ0n) is 23.2. The van der Waals surface area contributed by atoms with Gasteiger partial charge in [0, 0.05) is 38.3 Å². The molecule has 7 nitrogen and oxygen atoms in total. The number of nitrogens with zero attached hydrogens (tertiary/aromatic N) is 4. The van der Waals surface area contributed by atoms with Crippen molar-refractivity contribution in [2.24, 2.45) is 0 Å². The molecular weight excluding hydrogens is 553 g/mol. The van der Waals surface area contributed by atoms with Crippen LogP contribution in [0, 0.1) is 0 Å². The number of fused-ring (bicyclic) bond motifs is 2. The van der Waals surface area contributed by atoms with Crippen LogP contribution in [0.3, 0.4) is 0 Å². The molecule has 0 amide bonds. The van der Waals surface area contributed by atoms with Crippen LogP contribution >= 0.6 is 0 Å². The third-order valence-corrected chi connectivity index (χ3v) is 7.88. The Labute approximate surface area is 246 Å². The van der Waals surface area contributed by atoms with Crippen LogP contribution in [0.15, 0.2) is 91.0 Å². The third kappa shape index (κ3) is 5.53. The second-order valence-corrected chi connectivity index (χ2v) is 10.6. The predicted molar refractivity (Wildman–Crippen MR) is 162 cm³/mol. The van der Waals surface area contributed by atoms with Gasteiger partial charge in [0.25, 0.3) is 0 Å². The maximum Gasteiger partial charge on any atom is 0.449 e. The van der Waals surface area contributed by atoms with Gasteiger partial charge in [0.1, 0.15) is 29.2 Å². The van der Waals surface area contributed by atoms with Crippen LogP contribution in [-0.4, -0.2) is 64.2 Å². The Morgan fingerprint density at radius 3 is 2.09 bits per heavy atom. The van der Waals surface area contributed by atoms with E-state index in [-0.39, 0.29) is 5.52 Å². The maximum atomic E-state index is 13.1. The highest BCUT2D eigenvalue weighted by atomic mass is 19.4. The lowest BCUT2D eigenvalue weighted by molar-refractivity contribution is -0.144. The van der Waals surface area contributed by atoms with Crippen LogP contribution < -0.4 is 9.64 Å². The summed E-state index contributed by atoms with van der Waals surface area (Å²) in [4.78, 5) is 19.2. The van der Waals surface area contributed by atoms with E-state index in [1.165, 1.54) is 11.1 Å². The first-order valence-corrected chi connectivity index (χ1v) is 14.2. The minimum Gasteiger partial charge on any atom is -0.490 e. The van der Waals surface area contributed by atoms with Crippen LogP contribution in [0.1, 0.15) is 5.82 Å². The number of anilines is 1. The number of nitrogens with one attached hydrogen (secondary N) is 2. The molecule has 0 saturated carbocycles. The molecule has 43 heavy (non-hydrogen) atoms. The van der Waals surface area contributed by atoms with E-state index < -0.39 is 12.0 Å². The summed E-state index contributed by atoms with van der Waals surface area (Å²) < 4.78 is 45.1. The lowest BCUT2D eigenvalue weighted by Crippen LogP contribution is -2.47. The number of halogens is 3. The Morgan fingerprint density at radius 1 is 0.674 bits per heavy atom. The fraction of sp³-hybridized carbons (Fsp3) is 0.212. The molecular formula is C33H29F3N6O. The number of para-hydroxylation sites is 2. The number of benzene rings is 4. The fourth-order valence-electron chi connectivity index (χ4n) is 5.61. The quantitative estimate of drug-likeness (QED) is 0.212. The van der Waals surface area contributed by atoms with Gasteiger partial charge in [-0.1, -0.05) is 66.7 Å². The first-order chi connectivity index (χ1) is 20.9. The van der Waals surface area contributed by atoms with Crippen molar-refractivity contribution in [2.75, 3.05) is 44.2 Å². The summed E-state index contributed by atoms with van der Waals surface area (Å²) >= 11 is 0. The van der Waals surface area contributed by atoms with E-state index in [1.807, 2.05) is 18.2 Å². The molecule has 4 aromatic carbocycles. The summed E-state index contributed by atoms with van der Waals surface area (Å²) in [5.74, 6) is 0.167. The van der Waals surface area contributed by atoms with Gasteiger partial charge in [0.2, 0.25) is 5.82 Å². The molecule has 6 aromatic rings. The molecule has 2 aromatic heterocycles. The van der Waals surface area contributed by atoms with E-state index in [2.05, 4.69) is 79.3 Å². The molecule has 0 atom stereocenters. The highest BCUT2D eigenvalue weighted by Crippen LogP contribution is 2.32. The number of rotatable bonds is 7. The van der Waals surface area contributed by atoms with E-state index in [0.717, 1.165) is 54.3 Å². The third-order valence-electron chi connectivity index (χ3n) is 7.88. The minimum atomic E-state index is -4.54. The van der Waals surface area contributed by atoms with Crippen molar-refractivity contribution < 1.29 is 17.9 Å². The molecule has 2 N–H and O–H groups in total. The molecule has 0 unspecified atom stereocenters. The maximum absolute atomic E-state index is 13.1. The van der Waals surface area contributed by atoms with Crippen molar-refractivity contribution in [1.29, 1.82) is 0 Å². The average Bonchev–Trinajstić information content (AvgIpc) is 3.68. The number of H-pyrrole nitrogens is 2. The van der Waals surface area contributed by atoms with Crippen LogP contribution in [0.25, 0.3) is 44.6 Å². The van der Waals surface area contributed by atoms with E-state index in [9.17, 15) is 13.2 Å². The minimum absolute atomic E-state index is 0.193. The summed E-state index contributed by atoms with van der Waals surface area (Å²) in [6, 6.07) is 29.8. The highest BCUT2D eigenvalue weighted by molar-refractivity contribution is 5.91. The molecule has 3 heterocycles. The standard InChI is InChI=1S/C33H29F3N6O/c34-33(35,36)32-38-26-9-5-11-28(30(26)40-32)43-21-20-41-16-18-42(19-17-41)27-10-4-8-25-29(27)39-31(37-25)24-14-12-23(13-15-24)22-6-2-1-3-7-22/h1-15H,16-21H2,(H,37,39)(H,38,40). The van der Waals surface area contributed by atoms with Gasteiger partial charge in [-0.05, 0) is 35.4 Å². The van der Waals surface area contributed by atoms with E-state index in [4.69, 9.17) is 9.72 Å². The lowest BCUT2D eigenvalue weighted by Gasteiger charge is -2.36. The van der Waals surface area contributed by atoms with E-state index >= 15 is 0 Å². The van der Waals surface area contributed by atoms with E-state index in [0.29, 0.717) is 24.4 Å². The number of imidazole rings is 2.